The van der Waals surface area contributed by atoms with Gasteiger partial charge in [0.15, 0.2) is 0 Å². The van der Waals surface area contributed by atoms with Crippen molar-refractivity contribution in [2.75, 3.05) is 6.61 Å². The van der Waals surface area contributed by atoms with Gasteiger partial charge in [-0.15, -0.1) is 11.3 Å². The number of alkyl halides is 3. The van der Waals surface area contributed by atoms with Crippen LogP contribution in [0.5, 0.6) is 5.75 Å². The molecule has 0 spiro atoms. The number of aromatic nitrogens is 2. The summed E-state index contributed by atoms with van der Waals surface area (Å²) in [7, 11) is 0. The minimum atomic E-state index is -4.37. The van der Waals surface area contributed by atoms with Crippen LogP contribution in [0.25, 0.3) is 21.5 Å². The third kappa shape index (κ3) is 5.25. The summed E-state index contributed by atoms with van der Waals surface area (Å²) < 4.78 is 44.5. The highest BCUT2D eigenvalue weighted by Gasteiger charge is 2.30. The van der Waals surface area contributed by atoms with Gasteiger partial charge in [-0.2, -0.15) is 13.2 Å². The summed E-state index contributed by atoms with van der Waals surface area (Å²) in [6.07, 6.45) is -2.12. The van der Waals surface area contributed by atoms with Crippen LogP contribution in [-0.2, 0) is 23.8 Å². The summed E-state index contributed by atoms with van der Waals surface area (Å²) >= 11 is 1.47. The Labute approximate surface area is 198 Å². The molecule has 0 atom stereocenters. The number of nitrogens with one attached hydrogen (secondary N) is 1. The summed E-state index contributed by atoms with van der Waals surface area (Å²) in [4.78, 5) is 19.8. The van der Waals surface area contributed by atoms with Gasteiger partial charge in [-0.05, 0) is 35.7 Å². The molecule has 0 aliphatic carbocycles. The molecule has 4 rings (SSSR count). The molecule has 2 aromatic carbocycles. The van der Waals surface area contributed by atoms with E-state index in [4.69, 9.17) is 14.8 Å². The number of fused-ring (bicyclic) bond motifs is 1. The van der Waals surface area contributed by atoms with E-state index in [0.29, 0.717) is 29.3 Å². The lowest BCUT2D eigenvalue weighted by Gasteiger charge is -2.08. The zero-order valence-corrected chi connectivity index (χ0v) is 19.4. The van der Waals surface area contributed by atoms with Gasteiger partial charge in [0.2, 0.25) is 0 Å². The van der Waals surface area contributed by atoms with E-state index in [0.717, 1.165) is 39.2 Å². The van der Waals surface area contributed by atoms with Crippen molar-refractivity contribution < 1.29 is 27.8 Å². The molecule has 9 heteroatoms. The van der Waals surface area contributed by atoms with Crippen molar-refractivity contribution in [1.82, 2.24) is 9.97 Å². The second-order valence-corrected chi connectivity index (χ2v) is 9.33. The Morgan fingerprint density at radius 3 is 2.56 bits per heavy atom. The van der Waals surface area contributed by atoms with E-state index in [1.165, 1.54) is 23.5 Å². The number of nitrogens with zero attached hydrogens (tertiary/aromatic N) is 1. The van der Waals surface area contributed by atoms with Crippen molar-refractivity contribution in [3.05, 3.63) is 70.4 Å². The molecule has 2 heterocycles. The molecular formula is C25H23F3N2O3S. The molecule has 0 aliphatic rings. The van der Waals surface area contributed by atoms with Crippen LogP contribution in [0.2, 0.25) is 0 Å². The van der Waals surface area contributed by atoms with Crippen LogP contribution < -0.4 is 4.74 Å². The first-order chi connectivity index (χ1) is 16.1. The smallest absolute Gasteiger partial charge is 0.416 e. The van der Waals surface area contributed by atoms with Gasteiger partial charge in [-0.1, -0.05) is 26.0 Å². The molecule has 0 radical (unpaired) electrons. The number of aromatic amines is 1. The van der Waals surface area contributed by atoms with E-state index in [1.54, 1.807) is 6.20 Å². The molecule has 0 amide bonds. The molecule has 5 nitrogen and oxygen atoms in total. The molecule has 2 N–H and O–H groups in total. The fourth-order valence-corrected chi connectivity index (χ4v) is 4.95. The van der Waals surface area contributed by atoms with Crippen molar-refractivity contribution in [2.24, 2.45) is 0 Å². The predicted molar refractivity (Wildman–Crippen MR) is 125 cm³/mol. The molecule has 4 aromatic rings. The number of thiazole rings is 1. The zero-order valence-electron chi connectivity index (χ0n) is 18.6. The van der Waals surface area contributed by atoms with Crippen LogP contribution in [0.4, 0.5) is 13.2 Å². The summed E-state index contributed by atoms with van der Waals surface area (Å²) in [6.45, 7) is 4.47. The minimum Gasteiger partial charge on any atom is -0.493 e. The molecule has 34 heavy (non-hydrogen) atoms. The maximum atomic E-state index is 12.9. The summed E-state index contributed by atoms with van der Waals surface area (Å²) in [5, 5.41) is 10.5. The van der Waals surface area contributed by atoms with Gasteiger partial charge < -0.3 is 14.8 Å². The second-order valence-electron chi connectivity index (χ2n) is 8.25. The summed E-state index contributed by atoms with van der Waals surface area (Å²) in [5.41, 5.74) is 2.41. The van der Waals surface area contributed by atoms with E-state index in [-0.39, 0.29) is 12.3 Å². The Morgan fingerprint density at radius 1 is 1.18 bits per heavy atom. The standard InChI is InChI=1S/C25H23F3N2O3S/c1-14(2)23-21(34-24(30-23)15-3-5-17(6-4-15)25(26,27)28)9-10-33-18-7-8-19-16(11-22(31)32)13-29-20(19)12-18/h3-8,12-14,29H,9-11H2,1-2H3,(H,31,32). The molecule has 178 valence electrons. The van der Waals surface area contributed by atoms with Crippen molar-refractivity contribution in [3.63, 3.8) is 0 Å². The molecular weight excluding hydrogens is 465 g/mol. The van der Waals surface area contributed by atoms with Crippen molar-refractivity contribution in [3.8, 4) is 16.3 Å². The van der Waals surface area contributed by atoms with E-state index < -0.39 is 17.7 Å². The van der Waals surface area contributed by atoms with Crippen LogP contribution in [0.15, 0.2) is 48.7 Å². The number of hydrogen-bond donors (Lipinski definition) is 2. The van der Waals surface area contributed by atoms with Crippen LogP contribution in [0.1, 0.15) is 41.5 Å². The average molecular weight is 489 g/mol. The topological polar surface area (TPSA) is 75.2 Å². The third-order valence-corrected chi connectivity index (χ3v) is 6.59. The van der Waals surface area contributed by atoms with Gasteiger partial charge in [0, 0.05) is 40.0 Å². The Morgan fingerprint density at radius 2 is 1.91 bits per heavy atom. The van der Waals surface area contributed by atoms with Crippen LogP contribution in [0.3, 0.4) is 0 Å². The number of rotatable bonds is 8. The zero-order chi connectivity index (χ0) is 24.5. The lowest BCUT2D eigenvalue weighted by molar-refractivity contribution is -0.138. The Bertz CT molecular complexity index is 1310. The maximum Gasteiger partial charge on any atom is 0.416 e. The number of ether oxygens (including phenoxy) is 1. The van der Waals surface area contributed by atoms with Crippen molar-refractivity contribution >= 4 is 28.2 Å². The lowest BCUT2D eigenvalue weighted by atomic mass is 10.1. The van der Waals surface area contributed by atoms with Gasteiger partial charge in [-0.25, -0.2) is 4.98 Å². The van der Waals surface area contributed by atoms with Gasteiger partial charge in [0.25, 0.3) is 0 Å². The number of carbonyl (C=O) groups is 1. The highest BCUT2D eigenvalue weighted by atomic mass is 32.1. The number of aliphatic carboxylic acids is 1. The summed E-state index contributed by atoms with van der Waals surface area (Å²) in [5.74, 6) is -0.0606. The van der Waals surface area contributed by atoms with Gasteiger partial charge in [0.1, 0.15) is 10.8 Å². The number of benzene rings is 2. The second kappa shape index (κ2) is 9.50. The first-order valence-electron chi connectivity index (χ1n) is 10.7. The highest BCUT2D eigenvalue weighted by molar-refractivity contribution is 7.15. The number of carboxylic acids is 1. The Hall–Kier alpha value is -3.33. The Balaban J connectivity index is 1.46. The van der Waals surface area contributed by atoms with E-state index in [2.05, 4.69) is 4.98 Å². The average Bonchev–Trinajstić information content (AvgIpc) is 3.37. The normalized spacial score (nSPS) is 11.9. The van der Waals surface area contributed by atoms with Crippen LogP contribution >= 0.6 is 11.3 Å². The van der Waals surface area contributed by atoms with Crippen molar-refractivity contribution in [2.45, 2.75) is 38.8 Å². The fraction of sp³-hybridized carbons (Fsp3) is 0.280. The molecule has 0 saturated heterocycles. The first-order valence-corrected chi connectivity index (χ1v) is 11.6. The predicted octanol–water partition coefficient (Wildman–Crippen LogP) is 6.68. The van der Waals surface area contributed by atoms with Crippen LogP contribution in [0, 0.1) is 0 Å². The van der Waals surface area contributed by atoms with E-state index in [1.807, 2.05) is 32.0 Å². The monoisotopic (exact) mass is 488 g/mol. The molecule has 0 fully saturated rings. The van der Waals surface area contributed by atoms with E-state index >= 15 is 0 Å². The number of carboxylic acid groups (broad SMARTS) is 1. The van der Waals surface area contributed by atoms with Crippen molar-refractivity contribution in [1.29, 1.82) is 0 Å². The number of halogens is 3. The Kier molecular flexibility index (Phi) is 6.65. The quantitative estimate of drug-likeness (QED) is 0.290. The number of H-pyrrole nitrogens is 1. The maximum absolute atomic E-state index is 12.9. The molecule has 0 saturated carbocycles. The SMILES string of the molecule is CC(C)c1nc(-c2ccc(C(F)(F)F)cc2)sc1CCOc1ccc2c(CC(=O)O)c[nH]c2c1. The van der Waals surface area contributed by atoms with E-state index in [9.17, 15) is 18.0 Å². The third-order valence-electron chi connectivity index (χ3n) is 5.41. The summed E-state index contributed by atoms with van der Waals surface area (Å²) in [6, 6.07) is 10.6. The molecule has 2 aromatic heterocycles. The fourth-order valence-electron chi connectivity index (χ4n) is 3.74. The molecule has 0 unspecified atom stereocenters. The van der Waals surface area contributed by atoms with Gasteiger partial charge in [0.05, 0.1) is 24.3 Å². The first kappa shape index (κ1) is 23.8. The number of hydrogen-bond acceptors (Lipinski definition) is 4. The largest absolute Gasteiger partial charge is 0.493 e. The van der Waals surface area contributed by atoms with Crippen LogP contribution in [-0.4, -0.2) is 27.7 Å². The van der Waals surface area contributed by atoms with Gasteiger partial charge >= 0.3 is 12.1 Å². The minimum absolute atomic E-state index is 0.0508. The van der Waals surface area contributed by atoms with Gasteiger partial charge in [-0.3, -0.25) is 4.79 Å². The highest BCUT2D eigenvalue weighted by Crippen LogP contribution is 2.35. The molecule has 0 bridgehead atoms. The molecule has 0 aliphatic heterocycles. The lowest BCUT2D eigenvalue weighted by Crippen LogP contribution is -2.04.